The maximum absolute atomic E-state index is 12.3. The summed E-state index contributed by atoms with van der Waals surface area (Å²) >= 11 is 0. The minimum absolute atomic E-state index is 0.171. The smallest absolute Gasteiger partial charge is 0.222 e. The third-order valence-corrected chi connectivity index (χ3v) is 4.30. The SMILES string of the molecule is CCCC(=O)N(C)CCN(CCN1CCCC1)C(=O)CCC. The highest BCUT2D eigenvalue weighted by Crippen LogP contribution is 2.08. The van der Waals surface area contributed by atoms with Crippen molar-refractivity contribution >= 4 is 11.8 Å². The summed E-state index contributed by atoms with van der Waals surface area (Å²) in [5, 5.41) is 0. The average Bonchev–Trinajstić information content (AvgIpc) is 3.00. The molecule has 1 aliphatic heterocycles. The molecule has 0 spiro atoms. The van der Waals surface area contributed by atoms with Crippen LogP contribution in [0.5, 0.6) is 0 Å². The molecular formula is C17H33N3O2. The highest BCUT2D eigenvalue weighted by Gasteiger charge is 2.17. The first-order chi connectivity index (χ1) is 10.6. The number of carbonyl (C=O) groups is 2. The molecule has 0 N–H and O–H groups in total. The van der Waals surface area contributed by atoms with Crippen LogP contribution in [0.2, 0.25) is 0 Å². The monoisotopic (exact) mass is 311 g/mol. The minimum Gasteiger partial charge on any atom is -0.344 e. The summed E-state index contributed by atoms with van der Waals surface area (Å²) in [6, 6.07) is 0. The van der Waals surface area contributed by atoms with E-state index in [1.54, 1.807) is 4.90 Å². The second-order valence-corrected chi connectivity index (χ2v) is 6.24. The van der Waals surface area contributed by atoms with E-state index in [1.165, 1.54) is 12.8 Å². The van der Waals surface area contributed by atoms with Gasteiger partial charge < -0.3 is 14.7 Å². The van der Waals surface area contributed by atoms with Gasteiger partial charge in [-0.15, -0.1) is 0 Å². The van der Waals surface area contributed by atoms with Gasteiger partial charge >= 0.3 is 0 Å². The maximum atomic E-state index is 12.3. The summed E-state index contributed by atoms with van der Waals surface area (Å²) < 4.78 is 0. The molecule has 128 valence electrons. The number of amides is 2. The molecule has 0 atom stereocenters. The van der Waals surface area contributed by atoms with E-state index in [2.05, 4.69) is 4.90 Å². The maximum Gasteiger partial charge on any atom is 0.222 e. The zero-order valence-electron chi connectivity index (χ0n) is 14.6. The van der Waals surface area contributed by atoms with E-state index in [9.17, 15) is 9.59 Å². The van der Waals surface area contributed by atoms with Crippen LogP contribution in [0.3, 0.4) is 0 Å². The van der Waals surface area contributed by atoms with E-state index in [4.69, 9.17) is 0 Å². The highest BCUT2D eigenvalue weighted by atomic mass is 16.2. The van der Waals surface area contributed by atoms with Crippen LogP contribution < -0.4 is 0 Å². The van der Waals surface area contributed by atoms with Crippen LogP contribution in [0.15, 0.2) is 0 Å². The van der Waals surface area contributed by atoms with Crippen molar-refractivity contribution < 1.29 is 9.59 Å². The first-order valence-electron chi connectivity index (χ1n) is 8.82. The molecule has 1 aliphatic rings. The predicted octanol–water partition coefficient (Wildman–Crippen LogP) is 1.97. The van der Waals surface area contributed by atoms with Crippen LogP contribution in [0.4, 0.5) is 0 Å². The van der Waals surface area contributed by atoms with E-state index in [0.29, 0.717) is 25.9 Å². The molecule has 0 unspecified atom stereocenters. The Labute approximate surface area is 135 Å². The van der Waals surface area contributed by atoms with Gasteiger partial charge in [0.15, 0.2) is 0 Å². The second-order valence-electron chi connectivity index (χ2n) is 6.24. The van der Waals surface area contributed by atoms with Crippen molar-refractivity contribution in [1.82, 2.24) is 14.7 Å². The Hall–Kier alpha value is -1.10. The second kappa shape index (κ2) is 10.6. The lowest BCUT2D eigenvalue weighted by atomic mass is 10.2. The van der Waals surface area contributed by atoms with Crippen molar-refractivity contribution in [3.05, 3.63) is 0 Å². The normalized spacial score (nSPS) is 15.0. The quantitative estimate of drug-likeness (QED) is 0.619. The van der Waals surface area contributed by atoms with Gasteiger partial charge in [0.25, 0.3) is 0 Å². The Bertz CT molecular complexity index is 341. The van der Waals surface area contributed by atoms with Crippen LogP contribution in [-0.4, -0.2) is 72.8 Å². The number of nitrogens with zero attached hydrogens (tertiary/aromatic N) is 3. The molecule has 0 bridgehead atoms. The Kier molecular flexibility index (Phi) is 9.13. The molecule has 5 heteroatoms. The van der Waals surface area contributed by atoms with Crippen molar-refractivity contribution in [3.63, 3.8) is 0 Å². The van der Waals surface area contributed by atoms with Crippen LogP contribution in [0, 0.1) is 0 Å². The first kappa shape index (κ1) is 18.9. The van der Waals surface area contributed by atoms with Crippen LogP contribution >= 0.6 is 0 Å². The predicted molar refractivity (Wildman–Crippen MR) is 89.7 cm³/mol. The molecule has 1 heterocycles. The van der Waals surface area contributed by atoms with Gasteiger partial charge in [0.2, 0.25) is 11.8 Å². The molecule has 2 amide bonds. The van der Waals surface area contributed by atoms with Crippen LogP contribution in [-0.2, 0) is 9.59 Å². The fourth-order valence-corrected chi connectivity index (χ4v) is 2.80. The summed E-state index contributed by atoms with van der Waals surface area (Å²) in [5.41, 5.74) is 0. The van der Waals surface area contributed by atoms with Gasteiger partial charge in [0.1, 0.15) is 0 Å². The Morgan fingerprint density at radius 1 is 0.909 bits per heavy atom. The Morgan fingerprint density at radius 2 is 1.50 bits per heavy atom. The fourth-order valence-electron chi connectivity index (χ4n) is 2.80. The molecule has 0 aromatic rings. The molecule has 0 saturated carbocycles. The molecule has 0 aromatic heterocycles. The van der Waals surface area contributed by atoms with Crippen molar-refractivity contribution in [2.24, 2.45) is 0 Å². The summed E-state index contributed by atoms with van der Waals surface area (Å²) in [4.78, 5) is 30.2. The largest absolute Gasteiger partial charge is 0.344 e. The molecule has 22 heavy (non-hydrogen) atoms. The van der Waals surface area contributed by atoms with Crippen molar-refractivity contribution in [2.75, 3.05) is 46.3 Å². The topological polar surface area (TPSA) is 43.9 Å². The molecular weight excluding hydrogens is 278 g/mol. The third-order valence-electron chi connectivity index (χ3n) is 4.30. The zero-order valence-corrected chi connectivity index (χ0v) is 14.6. The van der Waals surface area contributed by atoms with Gasteiger partial charge in [-0.3, -0.25) is 9.59 Å². The summed E-state index contributed by atoms with van der Waals surface area (Å²) in [6.07, 6.45) is 5.49. The van der Waals surface area contributed by atoms with Gasteiger partial charge in [-0.25, -0.2) is 0 Å². The van der Waals surface area contributed by atoms with Crippen molar-refractivity contribution in [3.8, 4) is 0 Å². The van der Waals surface area contributed by atoms with E-state index in [1.807, 2.05) is 25.8 Å². The molecule has 0 radical (unpaired) electrons. The lowest BCUT2D eigenvalue weighted by Gasteiger charge is -2.27. The number of hydrogen-bond donors (Lipinski definition) is 0. The highest BCUT2D eigenvalue weighted by molar-refractivity contribution is 5.77. The first-order valence-corrected chi connectivity index (χ1v) is 8.82. The molecule has 1 saturated heterocycles. The van der Waals surface area contributed by atoms with Gasteiger partial charge in [-0.1, -0.05) is 13.8 Å². The van der Waals surface area contributed by atoms with Gasteiger partial charge in [-0.2, -0.15) is 0 Å². The average molecular weight is 311 g/mol. The molecule has 0 aliphatic carbocycles. The van der Waals surface area contributed by atoms with E-state index in [0.717, 1.165) is 39.0 Å². The van der Waals surface area contributed by atoms with Crippen molar-refractivity contribution in [1.29, 1.82) is 0 Å². The standard InChI is InChI=1S/C17H33N3O2/c1-4-8-16(21)18(3)12-14-20(17(22)9-5-2)15-13-19-10-6-7-11-19/h4-15H2,1-3H3. The lowest BCUT2D eigenvalue weighted by Crippen LogP contribution is -2.42. The molecule has 5 nitrogen and oxygen atoms in total. The van der Waals surface area contributed by atoms with Gasteiger partial charge in [0, 0.05) is 46.1 Å². The van der Waals surface area contributed by atoms with E-state index < -0.39 is 0 Å². The molecule has 1 rings (SSSR count). The van der Waals surface area contributed by atoms with Gasteiger partial charge in [-0.05, 0) is 38.8 Å². The lowest BCUT2D eigenvalue weighted by molar-refractivity contribution is -0.134. The summed E-state index contributed by atoms with van der Waals surface area (Å²) in [5.74, 6) is 0.392. The number of likely N-dealkylation sites (N-methyl/N-ethyl adjacent to an activating group) is 1. The molecule has 0 aromatic carbocycles. The fraction of sp³-hybridized carbons (Fsp3) is 0.882. The van der Waals surface area contributed by atoms with E-state index in [-0.39, 0.29) is 11.8 Å². The van der Waals surface area contributed by atoms with Crippen LogP contribution in [0.25, 0.3) is 0 Å². The van der Waals surface area contributed by atoms with Crippen LogP contribution in [0.1, 0.15) is 52.4 Å². The van der Waals surface area contributed by atoms with E-state index >= 15 is 0 Å². The number of carbonyl (C=O) groups excluding carboxylic acids is 2. The van der Waals surface area contributed by atoms with Gasteiger partial charge in [0.05, 0.1) is 0 Å². The third kappa shape index (κ3) is 6.77. The number of rotatable bonds is 10. The Morgan fingerprint density at radius 3 is 2.09 bits per heavy atom. The minimum atomic E-state index is 0.171. The number of hydrogen-bond acceptors (Lipinski definition) is 3. The number of likely N-dealkylation sites (tertiary alicyclic amines) is 1. The molecule has 1 fully saturated rings. The summed E-state index contributed by atoms with van der Waals surface area (Å²) in [6.45, 7) is 9.39. The Balaban J connectivity index is 2.42. The van der Waals surface area contributed by atoms with Crippen molar-refractivity contribution in [2.45, 2.75) is 52.4 Å². The summed E-state index contributed by atoms with van der Waals surface area (Å²) in [7, 11) is 1.83. The zero-order chi connectivity index (χ0) is 16.4.